The van der Waals surface area contributed by atoms with Crippen molar-refractivity contribution in [2.75, 3.05) is 18.5 Å². The molecule has 1 aliphatic heterocycles. The van der Waals surface area contributed by atoms with Gasteiger partial charge < -0.3 is 19.4 Å². The molecule has 7 heteroatoms. The molecule has 160 valence electrons. The van der Waals surface area contributed by atoms with Crippen LogP contribution in [0.5, 0.6) is 11.5 Å². The first kappa shape index (κ1) is 19.8. The van der Waals surface area contributed by atoms with Gasteiger partial charge in [-0.1, -0.05) is 30.3 Å². The number of nitrogens with one attached hydrogen (secondary N) is 1. The van der Waals surface area contributed by atoms with Crippen LogP contribution in [0.1, 0.15) is 21.6 Å². The molecule has 0 aliphatic carbocycles. The molecule has 1 amide bonds. The first-order valence-electron chi connectivity index (χ1n) is 10.3. The summed E-state index contributed by atoms with van der Waals surface area (Å²) in [6.45, 7) is 3.17. The van der Waals surface area contributed by atoms with Crippen molar-refractivity contribution in [3.05, 3.63) is 94.0 Å². The number of carbonyl (C=O) groups excluding carboxylic acids is 1. The summed E-state index contributed by atoms with van der Waals surface area (Å²) in [5, 5.41) is 3.27. The van der Waals surface area contributed by atoms with E-state index >= 15 is 0 Å². The van der Waals surface area contributed by atoms with Crippen LogP contribution in [-0.2, 0) is 6.54 Å². The quantitative estimate of drug-likeness (QED) is 0.536. The molecule has 2 aromatic carbocycles. The zero-order valence-corrected chi connectivity index (χ0v) is 17.5. The van der Waals surface area contributed by atoms with Crippen LogP contribution in [0.2, 0.25) is 0 Å². The lowest BCUT2D eigenvalue weighted by molar-refractivity contribution is 0.102. The maximum Gasteiger partial charge on any atom is 0.260 e. The lowest BCUT2D eigenvalue weighted by Crippen LogP contribution is -2.22. The van der Waals surface area contributed by atoms with E-state index in [4.69, 9.17) is 9.47 Å². The number of aromatic nitrogens is 2. The lowest BCUT2D eigenvalue weighted by atomic mass is 10.1. The molecule has 32 heavy (non-hydrogen) atoms. The van der Waals surface area contributed by atoms with Crippen LogP contribution in [0.15, 0.2) is 71.7 Å². The van der Waals surface area contributed by atoms with E-state index in [1.807, 2.05) is 30.3 Å². The fourth-order valence-corrected chi connectivity index (χ4v) is 3.76. The van der Waals surface area contributed by atoms with Crippen LogP contribution in [0.4, 0.5) is 5.69 Å². The van der Waals surface area contributed by atoms with Crippen LogP contribution in [0, 0.1) is 6.92 Å². The number of hydrogen-bond donors (Lipinski definition) is 1. The normalized spacial score (nSPS) is 12.5. The molecule has 2 aromatic heterocycles. The predicted octanol–water partition coefficient (Wildman–Crippen LogP) is 3.78. The van der Waals surface area contributed by atoms with E-state index in [-0.39, 0.29) is 11.5 Å². The minimum atomic E-state index is -0.341. The zero-order chi connectivity index (χ0) is 22.1. The highest BCUT2D eigenvalue weighted by molar-refractivity contribution is 6.06. The third kappa shape index (κ3) is 3.80. The predicted molar refractivity (Wildman–Crippen MR) is 122 cm³/mol. The van der Waals surface area contributed by atoms with Gasteiger partial charge in [-0.15, -0.1) is 0 Å². The highest BCUT2D eigenvalue weighted by atomic mass is 16.6. The number of fused-ring (bicyclic) bond motifs is 2. The van der Waals surface area contributed by atoms with Crippen LogP contribution in [-0.4, -0.2) is 28.7 Å². The van der Waals surface area contributed by atoms with Crippen molar-refractivity contribution in [2.45, 2.75) is 13.5 Å². The van der Waals surface area contributed by atoms with Crippen LogP contribution in [0.3, 0.4) is 0 Å². The van der Waals surface area contributed by atoms with Crippen molar-refractivity contribution in [2.24, 2.45) is 0 Å². The maximum absolute atomic E-state index is 13.1. The molecule has 0 atom stereocenters. The van der Waals surface area contributed by atoms with Crippen molar-refractivity contribution in [1.29, 1.82) is 0 Å². The largest absolute Gasteiger partial charge is 0.486 e. The van der Waals surface area contributed by atoms with E-state index in [0.29, 0.717) is 59.1 Å². The molecule has 7 nitrogen and oxygen atoms in total. The van der Waals surface area contributed by atoms with E-state index in [1.165, 1.54) is 0 Å². The second kappa shape index (κ2) is 8.19. The SMILES string of the molecule is Cc1nc2ccn(Cc3ccccc3)c(=O)c2cc1C(=O)Nc1ccc2c(c1)OCCO2. The van der Waals surface area contributed by atoms with Gasteiger partial charge in [0.05, 0.1) is 28.7 Å². The second-order valence-corrected chi connectivity index (χ2v) is 7.60. The van der Waals surface area contributed by atoms with Crippen molar-refractivity contribution in [3.63, 3.8) is 0 Å². The third-order valence-corrected chi connectivity index (χ3v) is 5.39. The van der Waals surface area contributed by atoms with Gasteiger partial charge in [0.15, 0.2) is 11.5 Å². The first-order chi connectivity index (χ1) is 15.6. The van der Waals surface area contributed by atoms with Crippen LogP contribution >= 0.6 is 0 Å². The van der Waals surface area contributed by atoms with Crippen LogP contribution < -0.4 is 20.3 Å². The Morgan fingerprint density at radius 2 is 1.81 bits per heavy atom. The van der Waals surface area contributed by atoms with E-state index in [0.717, 1.165) is 5.56 Å². The topological polar surface area (TPSA) is 82.5 Å². The molecule has 4 aromatic rings. The molecule has 5 rings (SSSR count). The number of anilines is 1. The van der Waals surface area contributed by atoms with Gasteiger partial charge in [-0.25, -0.2) is 0 Å². The average molecular weight is 427 g/mol. The minimum Gasteiger partial charge on any atom is -0.486 e. The van der Waals surface area contributed by atoms with E-state index in [1.54, 1.807) is 48.0 Å². The van der Waals surface area contributed by atoms with Crippen molar-refractivity contribution >= 4 is 22.5 Å². The summed E-state index contributed by atoms with van der Waals surface area (Å²) in [6, 6.07) is 18.4. The standard InChI is InChI=1S/C25H21N3O4/c1-16-19(24(29)27-18-7-8-22-23(13-18)32-12-11-31-22)14-20-21(26-16)9-10-28(25(20)30)15-17-5-3-2-4-6-17/h2-10,13-14H,11-12,15H2,1H3,(H,27,29). The Bertz CT molecular complexity index is 1380. The van der Waals surface area contributed by atoms with Crippen molar-refractivity contribution < 1.29 is 14.3 Å². The molecular formula is C25H21N3O4. The van der Waals surface area contributed by atoms with Gasteiger partial charge in [0, 0.05) is 18.0 Å². The molecule has 0 unspecified atom stereocenters. The first-order valence-corrected chi connectivity index (χ1v) is 10.3. The van der Waals surface area contributed by atoms with Gasteiger partial charge in [-0.05, 0) is 36.8 Å². The minimum absolute atomic E-state index is 0.188. The Labute approximate surface area is 184 Å². The summed E-state index contributed by atoms with van der Waals surface area (Å²) in [7, 11) is 0. The fourth-order valence-electron chi connectivity index (χ4n) is 3.76. The number of rotatable bonds is 4. The molecule has 0 radical (unpaired) electrons. The lowest BCUT2D eigenvalue weighted by Gasteiger charge is -2.19. The van der Waals surface area contributed by atoms with Gasteiger partial charge in [-0.3, -0.25) is 14.6 Å². The Morgan fingerprint density at radius 3 is 2.62 bits per heavy atom. The summed E-state index contributed by atoms with van der Waals surface area (Å²) in [5.74, 6) is 0.898. The van der Waals surface area contributed by atoms with Crippen LogP contribution in [0.25, 0.3) is 10.9 Å². The van der Waals surface area contributed by atoms with Crippen molar-refractivity contribution in [3.8, 4) is 11.5 Å². The number of ether oxygens (including phenoxy) is 2. The van der Waals surface area contributed by atoms with Gasteiger partial charge in [0.1, 0.15) is 13.2 Å². The van der Waals surface area contributed by atoms with Gasteiger partial charge in [-0.2, -0.15) is 0 Å². The third-order valence-electron chi connectivity index (χ3n) is 5.39. The summed E-state index contributed by atoms with van der Waals surface area (Å²) in [6.07, 6.45) is 1.74. The van der Waals surface area contributed by atoms with Gasteiger partial charge in [0.25, 0.3) is 11.5 Å². The number of benzene rings is 2. The highest BCUT2D eigenvalue weighted by Crippen LogP contribution is 2.32. The summed E-state index contributed by atoms with van der Waals surface area (Å²) < 4.78 is 12.7. The Kier molecular flexibility index (Phi) is 5.07. The maximum atomic E-state index is 13.1. The molecular weight excluding hydrogens is 406 g/mol. The summed E-state index contributed by atoms with van der Waals surface area (Å²) >= 11 is 0. The Hall–Kier alpha value is -4.13. The number of aryl methyl sites for hydroxylation is 1. The van der Waals surface area contributed by atoms with Gasteiger partial charge >= 0.3 is 0 Å². The summed E-state index contributed by atoms with van der Waals surface area (Å²) in [4.78, 5) is 30.6. The van der Waals surface area contributed by atoms with Gasteiger partial charge in [0.2, 0.25) is 0 Å². The number of pyridine rings is 2. The Balaban J connectivity index is 1.46. The number of carbonyl (C=O) groups is 1. The number of amides is 1. The molecule has 0 saturated carbocycles. The second-order valence-electron chi connectivity index (χ2n) is 7.60. The van der Waals surface area contributed by atoms with E-state index in [2.05, 4.69) is 10.3 Å². The fraction of sp³-hybridized carbons (Fsp3) is 0.160. The Morgan fingerprint density at radius 1 is 1.03 bits per heavy atom. The molecule has 0 fully saturated rings. The highest BCUT2D eigenvalue weighted by Gasteiger charge is 2.17. The monoisotopic (exact) mass is 427 g/mol. The van der Waals surface area contributed by atoms with Crippen molar-refractivity contribution in [1.82, 2.24) is 9.55 Å². The molecule has 3 heterocycles. The average Bonchev–Trinajstić information content (AvgIpc) is 2.81. The molecule has 1 aliphatic rings. The van der Waals surface area contributed by atoms with E-state index < -0.39 is 0 Å². The molecule has 0 bridgehead atoms. The smallest absolute Gasteiger partial charge is 0.260 e. The molecule has 1 N–H and O–H groups in total. The van der Waals surface area contributed by atoms with E-state index in [9.17, 15) is 9.59 Å². The summed E-state index contributed by atoms with van der Waals surface area (Å²) in [5.41, 5.74) is 2.87. The zero-order valence-electron chi connectivity index (χ0n) is 17.5. The number of hydrogen-bond acceptors (Lipinski definition) is 5. The molecule has 0 saturated heterocycles. The number of nitrogens with zero attached hydrogens (tertiary/aromatic N) is 2. The molecule has 0 spiro atoms.